The number of hydrogen-bond donors (Lipinski definition) is 4. The molecule has 0 aliphatic carbocycles. The molecule has 58 heavy (non-hydrogen) atoms. The lowest BCUT2D eigenvalue weighted by Gasteiger charge is -2.39. The van der Waals surface area contributed by atoms with E-state index in [0.717, 1.165) is 57.8 Å². The SMILES string of the molecule is CCCCCC/C=C/CCCCCCCC(=O)O[C@@H](COC(=O)CCCCCCCCCCCCCCCCCCCCCC)CO[C@H]1O[C@@H](CO)[C@@H](O)C(O)C1O. The van der Waals surface area contributed by atoms with Crippen molar-refractivity contribution in [1.82, 2.24) is 0 Å². The van der Waals surface area contributed by atoms with E-state index in [1.807, 2.05) is 0 Å². The van der Waals surface area contributed by atoms with E-state index in [0.29, 0.717) is 6.42 Å². The molecule has 1 heterocycles. The van der Waals surface area contributed by atoms with E-state index in [1.54, 1.807) is 0 Å². The highest BCUT2D eigenvalue weighted by atomic mass is 16.7. The van der Waals surface area contributed by atoms with Gasteiger partial charge in [0.15, 0.2) is 12.4 Å². The summed E-state index contributed by atoms with van der Waals surface area (Å²) < 4.78 is 22.2. The highest BCUT2D eigenvalue weighted by Crippen LogP contribution is 2.23. The molecule has 2 unspecified atom stereocenters. The third kappa shape index (κ3) is 30.5. The number of aliphatic hydroxyl groups is 4. The second kappa shape index (κ2) is 39.6. The Morgan fingerprint density at radius 3 is 1.36 bits per heavy atom. The van der Waals surface area contributed by atoms with Crippen LogP contribution in [0.25, 0.3) is 0 Å². The van der Waals surface area contributed by atoms with Gasteiger partial charge in [-0.1, -0.05) is 187 Å². The average Bonchev–Trinajstić information content (AvgIpc) is 3.22. The fourth-order valence-corrected chi connectivity index (χ4v) is 7.54. The molecule has 1 saturated heterocycles. The summed E-state index contributed by atoms with van der Waals surface area (Å²) in [5.74, 6) is -0.804. The minimum absolute atomic E-state index is 0.215. The number of allylic oxidation sites excluding steroid dienone is 2. The fraction of sp³-hybridized carbons (Fsp3) is 0.917. The highest BCUT2D eigenvalue weighted by Gasteiger charge is 2.44. The number of esters is 2. The van der Waals surface area contributed by atoms with Gasteiger partial charge in [0.25, 0.3) is 0 Å². The van der Waals surface area contributed by atoms with Gasteiger partial charge in [0.2, 0.25) is 0 Å². The van der Waals surface area contributed by atoms with Crippen LogP contribution in [0.5, 0.6) is 0 Å². The zero-order valence-corrected chi connectivity index (χ0v) is 37.3. The first-order chi connectivity index (χ1) is 28.3. The molecule has 4 N–H and O–H groups in total. The number of aliphatic hydroxyl groups excluding tert-OH is 4. The monoisotopic (exact) mass is 827 g/mol. The molecule has 1 aliphatic heterocycles. The topological polar surface area (TPSA) is 152 Å². The van der Waals surface area contributed by atoms with Gasteiger partial charge in [0.1, 0.15) is 31.0 Å². The van der Waals surface area contributed by atoms with Gasteiger partial charge >= 0.3 is 11.9 Å². The molecule has 0 aromatic carbocycles. The van der Waals surface area contributed by atoms with Crippen molar-refractivity contribution in [3.05, 3.63) is 12.2 Å². The van der Waals surface area contributed by atoms with Crippen molar-refractivity contribution in [2.75, 3.05) is 19.8 Å². The maximum absolute atomic E-state index is 12.8. The number of unbranched alkanes of at least 4 members (excludes halogenated alkanes) is 28. The molecular weight excluding hydrogens is 737 g/mol. The first-order valence-electron chi connectivity index (χ1n) is 24.3. The zero-order chi connectivity index (χ0) is 42.3. The van der Waals surface area contributed by atoms with Crippen LogP contribution in [0, 0.1) is 0 Å². The van der Waals surface area contributed by atoms with Crippen molar-refractivity contribution in [3.8, 4) is 0 Å². The Kier molecular flexibility index (Phi) is 37.2. The van der Waals surface area contributed by atoms with Crippen molar-refractivity contribution >= 4 is 11.9 Å². The van der Waals surface area contributed by atoms with Gasteiger partial charge < -0.3 is 39.4 Å². The minimum Gasteiger partial charge on any atom is -0.462 e. The maximum atomic E-state index is 12.8. The predicted molar refractivity (Wildman–Crippen MR) is 233 cm³/mol. The zero-order valence-electron chi connectivity index (χ0n) is 37.3. The van der Waals surface area contributed by atoms with E-state index in [4.69, 9.17) is 18.9 Å². The standard InChI is InChI=1S/C48H90O10/c1-3-5-7-9-11-13-15-17-18-19-20-21-22-23-25-26-28-30-32-34-36-43(50)55-39-41(40-56-48-47(54)46(53)45(52)42(38-49)58-48)57-44(51)37-35-33-31-29-27-24-16-14-12-10-8-6-4-2/h14,16,41-42,45-49,52-54H,3-13,15,17-40H2,1-2H3/b16-14+/t41-,42-,45+,46?,47?,48-/m0/s1. The molecular formula is C48H90O10. The van der Waals surface area contributed by atoms with Gasteiger partial charge in [-0.25, -0.2) is 0 Å². The van der Waals surface area contributed by atoms with E-state index < -0.39 is 49.4 Å². The maximum Gasteiger partial charge on any atom is 0.306 e. The molecule has 10 nitrogen and oxygen atoms in total. The highest BCUT2D eigenvalue weighted by molar-refractivity contribution is 5.70. The van der Waals surface area contributed by atoms with Gasteiger partial charge in [0, 0.05) is 12.8 Å². The summed E-state index contributed by atoms with van der Waals surface area (Å²) in [5.41, 5.74) is 0. The summed E-state index contributed by atoms with van der Waals surface area (Å²) in [4.78, 5) is 25.4. The second-order valence-corrected chi connectivity index (χ2v) is 16.9. The van der Waals surface area contributed by atoms with Crippen molar-refractivity contribution in [3.63, 3.8) is 0 Å². The van der Waals surface area contributed by atoms with E-state index in [-0.39, 0.29) is 32.0 Å². The predicted octanol–water partition coefficient (Wildman–Crippen LogP) is 10.7. The van der Waals surface area contributed by atoms with Crippen LogP contribution in [0.3, 0.4) is 0 Å². The molecule has 0 radical (unpaired) electrons. The van der Waals surface area contributed by atoms with Gasteiger partial charge in [-0.05, 0) is 38.5 Å². The molecule has 0 amide bonds. The van der Waals surface area contributed by atoms with E-state index in [2.05, 4.69) is 26.0 Å². The molecule has 0 saturated carbocycles. The number of ether oxygens (including phenoxy) is 4. The molecule has 0 aromatic rings. The summed E-state index contributed by atoms with van der Waals surface area (Å²) >= 11 is 0. The molecule has 1 aliphatic rings. The first kappa shape index (κ1) is 54.5. The summed E-state index contributed by atoms with van der Waals surface area (Å²) in [6.45, 7) is 3.43. The normalized spacial score (nSPS) is 20.1. The Labute approximate surface area is 354 Å². The lowest BCUT2D eigenvalue weighted by Crippen LogP contribution is -2.59. The molecule has 0 spiro atoms. The quantitative estimate of drug-likeness (QED) is 0.0266. The van der Waals surface area contributed by atoms with Crippen molar-refractivity contribution in [1.29, 1.82) is 0 Å². The Balaban J connectivity index is 2.25. The Bertz CT molecular complexity index is 959. The number of carbonyl (C=O) groups is 2. The van der Waals surface area contributed by atoms with E-state index >= 15 is 0 Å². The first-order valence-corrected chi connectivity index (χ1v) is 24.3. The summed E-state index contributed by atoms with van der Waals surface area (Å²) in [6, 6.07) is 0. The molecule has 0 aromatic heterocycles. The van der Waals surface area contributed by atoms with Crippen LogP contribution in [0.15, 0.2) is 12.2 Å². The summed E-state index contributed by atoms with van der Waals surface area (Å²) in [5, 5.41) is 40.1. The molecule has 10 heteroatoms. The van der Waals surface area contributed by atoms with Gasteiger partial charge in [-0.3, -0.25) is 9.59 Å². The lowest BCUT2D eigenvalue weighted by atomic mass is 9.99. The fourth-order valence-electron chi connectivity index (χ4n) is 7.54. The van der Waals surface area contributed by atoms with Crippen LogP contribution in [0.1, 0.15) is 226 Å². The van der Waals surface area contributed by atoms with Crippen LogP contribution in [0.4, 0.5) is 0 Å². The van der Waals surface area contributed by atoms with E-state index in [1.165, 1.54) is 135 Å². The minimum atomic E-state index is -1.59. The van der Waals surface area contributed by atoms with Crippen molar-refractivity contribution in [2.45, 2.75) is 263 Å². The molecule has 6 atom stereocenters. The average molecular weight is 827 g/mol. The van der Waals surface area contributed by atoms with Crippen LogP contribution in [-0.2, 0) is 28.5 Å². The molecule has 0 bridgehead atoms. The number of hydrogen-bond acceptors (Lipinski definition) is 10. The Morgan fingerprint density at radius 1 is 0.517 bits per heavy atom. The van der Waals surface area contributed by atoms with Crippen LogP contribution >= 0.6 is 0 Å². The number of carbonyl (C=O) groups excluding carboxylic acids is 2. The van der Waals surface area contributed by atoms with Crippen molar-refractivity contribution < 1.29 is 49.0 Å². The van der Waals surface area contributed by atoms with Crippen LogP contribution in [-0.4, -0.2) is 89.0 Å². The Morgan fingerprint density at radius 2 is 0.914 bits per heavy atom. The smallest absolute Gasteiger partial charge is 0.306 e. The summed E-state index contributed by atoms with van der Waals surface area (Å²) in [7, 11) is 0. The van der Waals surface area contributed by atoms with Crippen LogP contribution < -0.4 is 0 Å². The Hall–Kier alpha value is -1.56. The second-order valence-electron chi connectivity index (χ2n) is 16.9. The molecule has 1 rings (SSSR count). The lowest BCUT2D eigenvalue weighted by molar-refractivity contribution is -0.305. The third-order valence-electron chi connectivity index (χ3n) is 11.4. The van der Waals surface area contributed by atoms with Gasteiger partial charge in [-0.15, -0.1) is 0 Å². The summed E-state index contributed by atoms with van der Waals surface area (Å²) in [6.07, 6.45) is 35.1. The third-order valence-corrected chi connectivity index (χ3v) is 11.4. The molecule has 1 fully saturated rings. The van der Waals surface area contributed by atoms with E-state index in [9.17, 15) is 30.0 Å². The van der Waals surface area contributed by atoms with Gasteiger partial charge in [0.05, 0.1) is 13.2 Å². The number of rotatable bonds is 41. The van der Waals surface area contributed by atoms with Crippen molar-refractivity contribution in [2.24, 2.45) is 0 Å². The molecule has 342 valence electrons. The van der Waals surface area contributed by atoms with Gasteiger partial charge in [-0.2, -0.15) is 0 Å². The largest absolute Gasteiger partial charge is 0.462 e. The van der Waals surface area contributed by atoms with Crippen LogP contribution in [0.2, 0.25) is 0 Å².